The molecule has 0 saturated carbocycles. The van der Waals surface area contributed by atoms with Crippen LogP contribution in [0.15, 0.2) is 0 Å². The third-order valence-electron chi connectivity index (χ3n) is 4.06. The zero-order chi connectivity index (χ0) is 23.3. The van der Waals surface area contributed by atoms with E-state index >= 15 is 0 Å². The maximum Gasteiger partial charge on any atom is 0.322 e. The summed E-state index contributed by atoms with van der Waals surface area (Å²) in [4.78, 5) is 58.3. The smallest absolute Gasteiger partial charge is 0.322 e. The molecule has 4 unspecified atom stereocenters. The molecule has 0 aromatic rings. The maximum absolute atomic E-state index is 12.5. The molecule has 0 aromatic carbocycles. The van der Waals surface area contributed by atoms with Crippen molar-refractivity contribution in [2.24, 2.45) is 11.5 Å². The Kier molecular flexibility index (Phi) is 12.9. The van der Waals surface area contributed by atoms with Crippen LogP contribution >= 0.6 is 0 Å². The third kappa shape index (κ3) is 11.3. The van der Waals surface area contributed by atoms with E-state index in [2.05, 4.69) is 10.6 Å². The van der Waals surface area contributed by atoms with Gasteiger partial charge in [0.05, 0.1) is 12.1 Å². The average Bonchev–Trinajstić information content (AvgIpc) is 2.66. The van der Waals surface area contributed by atoms with Gasteiger partial charge in [-0.05, 0) is 32.7 Å². The predicted molar refractivity (Wildman–Crippen MR) is 104 cm³/mol. The molecule has 0 heterocycles. The van der Waals surface area contributed by atoms with Crippen LogP contribution in [0.3, 0.4) is 0 Å². The van der Waals surface area contributed by atoms with Crippen molar-refractivity contribution in [1.82, 2.24) is 16.0 Å². The van der Waals surface area contributed by atoms with Crippen LogP contribution in [0.4, 0.5) is 0 Å². The van der Waals surface area contributed by atoms with Gasteiger partial charge in [0.1, 0.15) is 18.6 Å². The summed E-state index contributed by atoms with van der Waals surface area (Å²) in [7, 11) is 0. The van der Waals surface area contributed by atoms with Gasteiger partial charge in [0.25, 0.3) is 0 Å². The molecule has 13 heteroatoms. The Labute approximate surface area is 173 Å². The van der Waals surface area contributed by atoms with Gasteiger partial charge in [0, 0.05) is 6.42 Å². The van der Waals surface area contributed by atoms with Crippen LogP contribution in [0.25, 0.3) is 0 Å². The largest absolute Gasteiger partial charge is 0.481 e. The van der Waals surface area contributed by atoms with E-state index in [9.17, 15) is 29.1 Å². The van der Waals surface area contributed by atoms with Gasteiger partial charge in [0.2, 0.25) is 17.7 Å². The molecule has 0 fully saturated rings. The molecule has 10 N–H and O–H groups in total. The van der Waals surface area contributed by atoms with Crippen molar-refractivity contribution in [2.45, 2.75) is 63.3 Å². The molecule has 0 spiro atoms. The number of carbonyl (C=O) groups excluding carboxylic acids is 3. The quantitative estimate of drug-likeness (QED) is 0.121. The number of aliphatic carboxylic acids is 2. The summed E-state index contributed by atoms with van der Waals surface area (Å²) in [6, 6.07) is -3.79. The lowest BCUT2D eigenvalue weighted by Gasteiger charge is -2.25. The van der Waals surface area contributed by atoms with Gasteiger partial charge in [-0.3, -0.25) is 24.0 Å². The lowest BCUT2D eigenvalue weighted by atomic mass is 10.1. The van der Waals surface area contributed by atoms with Crippen LogP contribution in [-0.4, -0.2) is 82.3 Å². The SMILES string of the molecule is CC(O)C(NC(=O)C(CCC(=O)O)NC(=O)C(N)CCCCN)C(=O)NCC(=O)O. The summed E-state index contributed by atoms with van der Waals surface area (Å²) in [5.74, 6) is -5.09. The van der Waals surface area contributed by atoms with Crippen molar-refractivity contribution in [1.29, 1.82) is 0 Å². The monoisotopic (exact) mass is 433 g/mol. The van der Waals surface area contributed by atoms with Gasteiger partial charge in [0.15, 0.2) is 0 Å². The number of carbonyl (C=O) groups is 5. The molecule has 0 saturated heterocycles. The number of rotatable bonds is 15. The van der Waals surface area contributed by atoms with E-state index in [-0.39, 0.29) is 6.42 Å². The molecule has 0 aliphatic heterocycles. The van der Waals surface area contributed by atoms with Crippen LogP contribution in [0.2, 0.25) is 0 Å². The standard InChI is InChI=1S/C17H31N5O8/c1-9(23)14(17(30)20-8-13(26)27)22-16(29)11(5-6-12(24)25)21-15(28)10(19)4-2-3-7-18/h9-11,14,23H,2-8,18-19H2,1H3,(H,20,30)(H,21,28)(H,22,29)(H,24,25)(H,26,27). The fourth-order valence-electron chi connectivity index (χ4n) is 2.39. The van der Waals surface area contributed by atoms with Crippen molar-refractivity contribution < 1.29 is 39.3 Å². The normalized spacial score (nSPS) is 14.7. The second-order valence-electron chi connectivity index (χ2n) is 6.72. The first-order chi connectivity index (χ1) is 14.0. The Morgan fingerprint density at radius 3 is 2.03 bits per heavy atom. The van der Waals surface area contributed by atoms with Crippen LogP contribution in [0.1, 0.15) is 39.0 Å². The lowest BCUT2D eigenvalue weighted by molar-refractivity contribution is -0.139. The van der Waals surface area contributed by atoms with Crippen LogP contribution in [0, 0.1) is 0 Å². The molecule has 3 amide bonds. The number of nitrogens with one attached hydrogen (secondary N) is 3. The molecule has 0 aliphatic rings. The zero-order valence-corrected chi connectivity index (χ0v) is 16.8. The van der Waals surface area contributed by atoms with E-state index < -0.39 is 66.9 Å². The van der Waals surface area contributed by atoms with Crippen molar-refractivity contribution in [3.63, 3.8) is 0 Å². The predicted octanol–water partition coefficient (Wildman–Crippen LogP) is -3.14. The van der Waals surface area contributed by atoms with E-state index in [0.717, 1.165) is 0 Å². The highest BCUT2D eigenvalue weighted by atomic mass is 16.4. The number of amides is 3. The lowest BCUT2D eigenvalue weighted by Crippen LogP contribution is -2.58. The van der Waals surface area contributed by atoms with Crippen molar-refractivity contribution in [3.05, 3.63) is 0 Å². The minimum absolute atomic E-state index is 0.286. The Bertz CT molecular complexity index is 613. The Morgan fingerprint density at radius 1 is 0.900 bits per heavy atom. The molecule has 0 aromatic heterocycles. The summed E-state index contributed by atoms with van der Waals surface area (Å²) in [5, 5.41) is 33.8. The number of hydrogen-bond donors (Lipinski definition) is 8. The fourth-order valence-corrected chi connectivity index (χ4v) is 2.39. The minimum atomic E-state index is -1.51. The highest BCUT2D eigenvalue weighted by Gasteiger charge is 2.30. The Hall–Kier alpha value is -2.77. The molecular weight excluding hydrogens is 402 g/mol. The first-order valence-corrected chi connectivity index (χ1v) is 9.45. The molecule has 0 rings (SSSR count). The van der Waals surface area contributed by atoms with Crippen LogP contribution < -0.4 is 27.4 Å². The van der Waals surface area contributed by atoms with Gasteiger partial charge in [-0.25, -0.2) is 0 Å². The minimum Gasteiger partial charge on any atom is -0.481 e. The number of carboxylic acid groups (broad SMARTS) is 2. The number of nitrogens with two attached hydrogens (primary N) is 2. The Morgan fingerprint density at radius 2 is 1.53 bits per heavy atom. The van der Waals surface area contributed by atoms with Crippen molar-refractivity contribution in [3.8, 4) is 0 Å². The molecule has 0 radical (unpaired) electrons. The second-order valence-corrected chi connectivity index (χ2v) is 6.72. The maximum atomic E-state index is 12.5. The average molecular weight is 433 g/mol. The molecule has 0 bridgehead atoms. The zero-order valence-electron chi connectivity index (χ0n) is 16.8. The fraction of sp³-hybridized carbons (Fsp3) is 0.706. The summed E-state index contributed by atoms with van der Waals surface area (Å²) >= 11 is 0. The summed E-state index contributed by atoms with van der Waals surface area (Å²) in [6.07, 6.45) is -0.575. The van der Waals surface area contributed by atoms with E-state index in [0.29, 0.717) is 25.8 Å². The van der Waals surface area contributed by atoms with Gasteiger partial charge < -0.3 is 42.7 Å². The topological polar surface area (TPSA) is 234 Å². The van der Waals surface area contributed by atoms with E-state index in [1.54, 1.807) is 0 Å². The van der Waals surface area contributed by atoms with Gasteiger partial charge >= 0.3 is 11.9 Å². The summed E-state index contributed by atoms with van der Waals surface area (Å²) in [6.45, 7) is 0.904. The number of carboxylic acids is 2. The molecule has 172 valence electrons. The number of aliphatic hydroxyl groups excluding tert-OH is 1. The number of aliphatic hydroxyl groups is 1. The van der Waals surface area contributed by atoms with Gasteiger partial charge in [-0.1, -0.05) is 6.42 Å². The highest BCUT2D eigenvalue weighted by Crippen LogP contribution is 2.04. The van der Waals surface area contributed by atoms with Crippen molar-refractivity contribution >= 4 is 29.7 Å². The summed E-state index contributed by atoms with van der Waals surface area (Å²) < 4.78 is 0. The molecule has 30 heavy (non-hydrogen) atoms. The third-order valence-corrected chi connectivity index (χ3v) is 4.06. The molecule has 13 nitrogen and oxygen atoms in total. The van der Waals surface area contributed by atoms with E-state index in [1.165, 1.54) is 6.92 Å². The van der Waals surface area contributed by atoms with Crippen molar-refractivity contribution in [2.75, 3.05) is 13.1 Å². The number of unbranched alkanes of at least 4 members (excludes halogenated alkanes) is 1. The first kappa shape index (κ1) is 27.2. The molecule has 0 aliphatic carbocycles. The van der Waals surface area contributed by atoms with Crippen LogP contribution in [0.5, 0.6) is 0 Å². The molecule has 4 atom stereocenters. The first-order valence-electron chi connectivity index (χ1n) is 9.45. The van der Waals surface area contributed by atoms with Gasteiger partial charge in [-0.15, -0.1) is 0 Å². The summed E-state index contributed by atoms with van der Waals surface area (Å²) in [5.41, 5.74) is 11.1. The van der Waals surface area contributed by atoms with E-state index in [1.807, 2.05) is 5.32 Å². The Balaban J connectivity index is 5.16. The second kappa shape index (κ2) is 14.3. The number of hydrogen-bond acceptors (Lipinski definition) is 8. The molecular formula is C17H31N5O8. The van der Waals surface area contributed by atoms with Gasteiger partial charge in [-0.2, -0.15) is 0 Å². The van der Waals surface area contributed by atoms with Crippen LogP contribution in [-0.2, 0) is 24.0 Å². The highest BCUT2D eigenvalue weighted by molar-refractivity contribution is 5.94. The van der Waals surface area contributed by atoms with E-state index in [4.69, 9.17) is 21.7 Å².